The molecule has 1 aliphatic rings. The van der Waals surface area contributed by atoms with Gasteiger partial charge in [0.1, 0.15) is 5.82 Å². The van der Waals surface area contributed by atoms with E-state index in [9.17, 15) is 4.79 Å². The number of imidazole rings is 1. The molecule has 6 heteroatoms. The fourth-order valence-corrected chi connectivity index (χ4v) is 2.91. The van der Waals surface area contributed by atoms with E-state index in [2.05, 4.69) is 19.8 Å². The van der Waals surface area contributed by atoms with Gasteiger partial charge in [-0.1, -0.05) is 12.1 Å². The number of aliphatic hydroxyl groups excluding tert-OH is 1. The van der Waals surface area contributed by atoms with E-state index >= 15 is 0 Å². The summed E-state index contributed by atoms with van der Waals surface area (Å²) in [6.45, 7) is 2.05. The molecule has 0 radical (unpaired) electrons. The maximum absolute atomic E-state index is 12.0. The summed E-state index contributed by atoms with van der Waals surface area (Å²) in [4.78, 5) is 18.7. The lowest BCUT2D eigenvalue weighted by Crippen LogP contribution is -2.55. The summed E-state index contributed by atoms with van der Waals surface area (Å²) in [5.41, 5.74) is 2.06. The predicted molar refractivity (Wildman–Crippen MR) is 79.6 cm³/mol. The minimum Gasteiger partial charge on any atom is -0.396 e. The molecule has 1 amide bonds. The van der Waals surface area contributed by atoms with Crippen LogP contribution in [0, 0.1) is 0 Å². The van der Waals surface area contributed by atoms with Gasteiger partial charge in [-0.3, -0.25) is 9.69 Å². The highest BCUT2D eigenvalue weighted by Gasteiger charge is 2.29. The minimum absolute atomic E-state index is 0.00550. The van der Waals surface area contributed by atoms with Crippen LogP contribution in [-0.4, -0.2) is 51.2 Å². The van der Waals surface area contributed by atoms with Crippen molar-refractivity contribution in [3.8, 4) is 0 Å². The number of aromatic nitrogens is 2. The SMILES string of the molecule is Cn1c(CN2CCNC(=O)[C@H]2CCO)nc2ccccc21. The molecule has 1 fully saturated rings. The van der Waals surface area contributed by atoms with Crippen LogP contribution < -0.4 is 5.32 Å². The van der Waals surface area contributed by atoms with Crippen molar-refractivity contribution < 1.29 is 9.90 Å². The van der Waals surface area contributed by atoms with E-state index in [4.69, 9.17) is 5.11 Å². The Morgan fingerprint density at radius 2 is 2.24 bits per heavy atom. The summed E-state index contributed by atoms with van der Waals surface area (Å²) >= 11 is 0. The van der Waals surface area contributed by atoms with E-state index in [1.807, 2.05) is 31.3 Å². The van der Waals surface area contributed by atoms with Crippen molar-refractivity contribution in [2.45, 2.75) is 19.0 Å². The van der Waals surface area contributed by atoms with Crippen molar-refractivity contribution in [2.75, 3.05) is 19.7 Å². The molecule has 1 atom stereocenters. The number of piperazine rings is 1. The number of amides is 1. The van der Waals surface area contributed by atoms with Gasteiger partial charge in [-0.15, -0.1) is 0 Å². The molecule has 1 aliphatic heterocycles. The van der Waals surface area contributed by atoms with E-state index in [0.29, 0.717) is 19.5 Å². The standard InChI is InChI=1S/C15H20N4O2/c1-18-12-5-3-2-4-11(12)17-14(18)10-19-8-7-16-15(21)13(19)6-9-20/h2-5,13,20H,6-10H2,1H3,(H,16,21)/t13-/m1/s1. The topological polar surface area (TPSA) is 70.4 Å². The number of aryl methyl sites for hydroxylation is 1. The molecule has 6 nitrogen and oxygen atoms in total. The van der Waals surface area contributed by atoms with Crippen LogP contribution in [0.15, 0.2) is 24.3 Å². The zero-order valence-electron chi connectivity index (χ0n) is 12.1. The Labute approximate surface area is 123 Å². The quantitative estimate of drug-likeness (QED) is 0.846. The van der Waals surface area contributed by atoms with E-state index in [0.717, 1.165) is 23.4 Å². The van der Waals surface area contributed by atoms with Crippen molar-refractivity contribution in [1.29, 1.82) is 0 Å². The normalized spacial score (nSPS) is 19.9. The Morgan fingerprint density at radius 3 is 3.00 bits per heavy atom. The zero-order chi connectivity index (χ0) is 14.8. The average Bonchev–Trinajstić information content (AvgIpc) is 2.80. The maximum Gasteiger partial charge on any atom is 0.237 e. The Bertz CT molecular complexity index is 652. The summed E-state index contributed by atoms with van der Waals surface area (Å²) in [5, 5.41) is 12.0. The average molecular weight is 288 g/mol. The second-order valence-corrected chi connectivity index (χ2v) is 5.37. The second-order valence-electron chi connectivity index (χ2n) is 5.37. The number of rotatable bonds is 4. The molecule has 0 saturated carbocycles. The minimum atomic E-state index is -0.274. The van der Waals surface area contributed by atoms with Crippen LogP contribution in [0.4, 0.5) is 0 Å². The predicted octanol–water partition coefficient (Wildman–Crippen LogP) is 0.256. The molecular formula is C15H20N4O2. The van der Waals surface area contributed by atoms with Gasteiger partial charge in [-0.05, 0) is 18.6 Å². The first-order chi connectivity index (χ1) is 10.2. The first kappa shape index (κ1) is 14.0. The van der Waals surface area contributed by atoms with Crippen LogP contribution in [0.2, 0.25) is 0 Å². The molecule has 1 aromatic carbocycles. The van der Waals surface area contributed by atoms with E-state index in [1.54, 1.807) is 0 Å². The van der Waals surface area contributed by atoms with Gasteiger partial charge in [0.2, 0.25) is 5.91 Å². The largest absolute Gasteiger partial charge is 0.396 e. The van der Waals surface area contributed by atoms with Crippen LogP contribution in [0.25, 0.3) is 11.0 Å². The molecule has 0 aliphatic carbocycles. The Kier molecular flexibility index (Phi) is 3.90. The lowest BCUT2D eigenvalue weighted by atomic mass is 10.1. The zero-order valence-corrected chi connectivity index (χ0v) is 12.1. The second kappa shape index (κ2) is 5.83. The van der Waals surface area contributed by atoms with Gasteiger partial charge in [0, 0.05) is 26.7 Å². The number of nitrogens with one attached hydrogen (secondary N) is 1. The monoisotopic (exact) mass is 288 g/mol. The fourth-order valence-electron chi connectivity index (χ4n) is 2.91. The highest BCUT2D eigenvalue weighted by Crippen LogP contribution is 2.18. The molecule has 3 rings (SSSR count). The fraction of sp³-hybridized carbons (Fsp3) is 0.467. The van der Waals surface area contributed by atoms with E-state index < -0.39 is 0 Å². The van der Waals surface area contributed by atoms with Gasteiger partial charge in [-0.2, -0.15) is 0 Å². The molecule has 112 valence electrons. The number of benzene rings is 1. The van der Waals surface area contributed by atoms with Crippen molar-refractivity contribution in [2.24, 2.45) is 7.05 Å². The molecule has 0 bridgehead atoms. The first-order valence-electron chi connectivity index (χ1n) is 7.23. The summed E-state index contributed by atoms with van der Waals surface area (Å²) in [7, 11) is 2.00. The number of hydrogen-bond acceptors (Lipinski definition) is 4. The van der Waals surface area contributed by atoms with Gasteiger partial charge in [0.15, 0.2) is 0 Å². The molecule has 2 N–H and O–H groups in total. The van der Waals surface area contributed by atoms with Crippen LogP contribution >= 0.6 is 0 Å². The Hall–Kier alpha value is -1.92. The number of hydrogen-bond donors (Lipinski definition) is 2. The summed E-state index contributed by atoms with van der Waals surface area (Å²) in [6.07, 6.45) is 0.454. The Balaban J connectivity index is 1.86. The molecule has 0 unspecified atom stereocenters. The molecular weight excluding hydrogens is 268 g/mol. The first-order valence-corrected chi connectivity index (χ1v) is 7.23. The van der Waals surface area contributed by atoms with E-state index in [1.165, 1.54) is 0 Å². The van der Waals surface area contributed by atoms with Crippen LogP contribution in [-0.2, 0) is 18.4 Å². The number of carbonyl (C=O) groups excluding carboxylic acids is 1. The third-order valence-corrected chi connectivity index (χ3v) is 4.07. The molecule has 2 heterocycles. The van der Waals surface area contributed by atoms with Gasteiger partial charge in [0.05, 0.1) is 23.6 Å². The lowest BCUT2D eigenvalue weighted by Gasteiger charge is -2.34. The highest BCUT2D eigenvalue weighted by molar-refractivity contribution is 5.82. The van der Waals surface area contributed by atoms with Crippen molar-refractivity contribution in [3.05, 3.63) is 30.1 Å². The van der Waals surface area contributed by atoms with Gasteiger partial charge >= 0.3 is 0 Å². The van der Waals surface area contributed by atoms with Crippen LogP contribution in [0.5, 0.6) is 0 Å². The van der Waals surface area contributed by atoms with Crippen molar-refractivity contribution >= 4 is 16.9 Å². The molecule has 1 saturated heterocycles. The summed E-state index contributed by atoms with van der Waals surface area (Å²) in [5.74, 6) is 0.933. The third-order valence-electron chi connectivity index (χ3n) is 4.07. The number of para-hydroxylation sites is 2. The summed E-state index contributed by atoms with van der Waals surface area (Å²) < 4.78 is 2.07. The van der Waals surface area contributed by atoms with Gasteiger partial charge in [0.25, 0.3) is 0 Å². The lowest BCUT2D eigenvalue weighted by molar-refractivity contribution is -0.130. The third kappa shape index (κ3) is 2.64. The molecule has 21 heavy (non-hydrogen) atoms. The van der Waals surface area contributed by atoms with Crippen molar-refractivity contribution in [1.82, 2.24) is 19.8 Å². The van der Waals surface area contributed by atoms with Crippen molar-refractivity contribution in [3.63, 3.8) is 0 Å². The van der Waals surface area contributed by atoms with Crippen LogP contribution in [0.3, 0.4) is 0 Å². The van der Waals surface area contributed by atoms with E-state index in [-0.39, 0.29) is 18.6 Å². The highest BCUT2D eigenvalue weighted by atomic mass is 16.3. The van der Waals surface area contributed by atoms with Crippen LogP contribution in [0.1, 0.15) is 12.2 Å². The molecule has 2 aromatic rings. The number of aliphatic hydroxyl groups is 1. The Morgan fingerprint density at radius 1 is 1.43 bits per heavy atom. The number of fused-ring (bicyclic) bond motifs is 1. The molecule has 0 spiro atoms. The molecule has 1 aromatic heterocycles. The maximum atomic E-state index is 12.0. The number of carbonyl (C=O) groups is 1. The summed E-state index contributed by atoms with van der Waals surface area (Å²) in [6, 6.07) is 7.73. The van der Waals surface area contributed by atoms with Gasteiger partial charge < -0.3 is 15.0 Å². The van der Waals surface area contributed by atoms with Gasteiger partial charge in [-0.25, -0.2) is 4.98 Å². The number of nitrogens with zero attached hydrogens (tertiary/aromatic N) is 3. The smallest absolute Gasteiger partial charge is 0.237 e.